The normalized spacial score (nSPS) is 14.2. The molecule has 1 aromatic heterocycles. The lowest BCUT2D eigenvalue weighted by Crippen LogP contribution is -2.33. The number of fused-ring (bicyclic) bond motifs is 1. The number of hydrogen-bond donors (Lipinski definition) is 1. The van der Waals surface area contributed by atoms with Crippen molar-refractivity contribution in [2.24, 2.45) is 0 Å². The van der Waals surface area contributed by atoms with Crippen molar-refractivity contribution in [1.29, 1.82) is 0 Å². The summed E-state index contributed by atoms with van der Waals surface area (Å²) in [7, 11) is 1.60. The number of rotatable bonds is 4. The number of amides is 2. The van der Waals surface area contributed by atoms with E-state index in [1.165, 1.54) is 0 Å². The number of anilines is 1. The van der Waals surface area contributed by atoms with Gasteiger partial charge < -0.3 is 19.7 Å². The summed E-state index contributed by atoms with van der Waals surface area (Å²) < 4.78 is 10.7. The SMILES string of the molecule is COc1ccc2nc(C)c(C(=O)Nc3ccc(C(=O)N4CCCOCC4)cc3)cc2c1. The van der Waals surface area contributed by atoms with Crippen LogP contribution in [-0.4, -0.2) is 55.1 Å². The molecule has 2 aromatic carbocycles. The molecule has 0 aliphatic carbocycles. The van der Waals surface area contributed by atoms with Gasteiger partial charge in [-0.2, -0.15) is 0 Å². The van der Waals surface area contributed by atoms with Crippen LogP contribution in [0.3, 0.4) is 0 Å². The van der Waals surface area contributed by atoms with Crippen molar-refractivity contribution in [3.63, 3.8) is 0 Å². The van der Waals surface area contributed by atoms with E-state index in [2.05, 4.69) is 10.3 Å². The fourth-order valence-corrected chi connectivity index (χ4v) is 3.63. The molecule has 2 heterocycles. The fourth-order valence-electron chi connectivity index (χ4n) is 3.63. The van der Waals surface area contributed by atoms with Gasteiger partial charge in [-0.1, -0.05) is 0 Å². The molecule has 7 heteroatoms. The molecular weight excluding hydrogens is 394 g/mol. The number of ether oxygens (including phenoxy) is 2. The lowest BCUT2D eigenvalue weighted by molar-refractivity contribution is 0.0741. The largest absolute Gasteiger partial charge is 0.497 e. The van der Waals surface area contributed by atoms with Crippen molar-refractivity contribution < 1.29 is 19.1 Å². The highest BCUT2D eigenvalue weighted by molar-refractivity contribution is 6.07. The van der Waals surface area contributed by atoms with Crippen LogP contribution < -0.4 is 10.1 Å². The number of nitrogens with one attached hydrogen (secondary N) is 1. The molecule has 2 amide bonds. The molecule has 1 aliphatic rings. The Morgan fingerprint density at radius 2 is 1.87 bits per heavy atom. The van der Waals surface area contributed by atoms with Gasteiger partial charge in [-0.05, 0) is 61.9 Å². The molecule has 1 fully saturated rings. The topological polar surface area (TPSA) is 80.8 Å². The maximum atomic E-state index is 12.9. The Morgan fingerprint density at radius 3 is 2.65 bits per heavy atom. The summed E-state index contributed by atoms with van der Waals surface area (Å²) in [5.74, 6) is 0.436. The average molecular weight is 419 g/mol. The van der Waals surface area contributed by atoms with Crippen LogP contribution in [0.2, 0.25) is 0 Å². The van der Waals surface area contributed by atoms with E-state index in [4.69, 9.17) is 9.47 Å². The molecule has 0 radical (unpaired) electrons. The van der Waals surface area contributed by atoms with Crippen LogP contribution in [0.25, 0.3) is 10.9 Å². The van der Waals surface area contributed by atoms with Crippen LogP contribution in [0.15, 0.2) is 48.5 Å². The number of nitrogens with zero attached hydrogens (tertiary/aromatic N) is 2. The van der Waals surface area contributed by atoms with Crippen LogP contribution in [0, 0.1) is 6.92 Å². The van der Waals surface area contributed by atoms with Crippen molar-refractivity contribution in [2.75, 3.05) is 38.7 Å². The summed E-state index contributed by atoms with van der Waals surface area (Å²) in [6.07, 6.45) is 0.838. The van der Waals surface area contributed by atoms with Gasteiger partial charge in [-0.15, -0.1) is 0 Å². The van der Waals surface area contributed by atoms with E-state index in [0.717, 1.165) is 17.3 Å². The number of carbonyl (C=O) groups is 2. The highest BCUT2D eigenvalue weighted by Gasteiger charge is 2.18. The molecule has 0 bridgehead atoms. The molecule has 0 spiro atoms. The Kier molecular flexibility index (Phi) is 6.13. The molecule has 4 rings (SSSR count). The van der Waals surface area contributed by atoms with Gasteiger partial charge in [0.2, 0.25) is 0 Å². The lowest BCUT2D eigenvalue weighted by Gasteiger charge is -2.19. The van der Waals surface area contributed by atoms with Crippen LogP contribution >= 0.6 is 0 Å². The maximum Gasteiger partial charge on any atom is 0.257 e. The first-order chi connectivity index (χ1) is 15.0. The number of aromatic nitrogens is 1. The summed E-state index contributed by atoms with van der Waals surface area (Å²) in [5, 5.41) is 3.72. The summed E-state index contributed by atoms with van der Waals surface area (Å²) in [5.41, 5.74) is 3.15. The van der Waals surface area contributed by atoms with E-state index in [1.807, 2.05) is 31.2 Å². The summed E-state index contributed by atoms with van der Waals surface area (Å²) in [4.78, 5) is 31.9. The van der Waals surface area contributed by atoms with Gasteiger partial charge in [-0.25, -0.2) is 0 Å². The molecular formula is C24H25N3O4. The number of aryl methyl sites for hydroxylation is 1. The summed E-state index contributed by atoms with van der Waals surface area (Å²) in [6, 6.07) is 14.3. The van der Waals surface area contributed by atoms with Gasteiger partial charge >= 0.3 is 0 Å². The third-order valence-electron chi connectivity index (χ3n) is 5.36. The fraction of sp³-hybridized carbons (Fsp3) is 0.292. The zero-order valence-electron chi connectivity index (χ0n) is 17.7. The van der Waals surface area contributed by atoms with Crippen LogP contribution in [0.4, 0.5) is 5.69 Å². The predicted octanol–water partition coefficient (Wildman–Crippen LogP) is 3.67. The number of pyridine rings is 1. The Balaban J connectivity index is 1.49. The van der Waals surface area contributed by atoms with Crippen LogP contribution in [0.5, 0.6) is 5.75 Å². The number of hydrogen-bond acceptors (Lipinski definition) is 5. The molecule has 0 atom stereocenters. The van der Waals surface area contributed by atoms with E-state index in [-0.39, 0.29) is 11.8 Å². The number of benzene rings is 2. The molecule has 1 N–H and O–H groups in total. The van der Waals surface area contributed by atoms with Crippen molar-refractivity contribution >= 4 is 28.4 Å². The van der Waals surface area contributed by atoms with E-state index in [1.54, 1.807) is 36.3 Å². The van der Waals surface area contributed by atoms with Crippen molar-refractivity contribution in [3.8, 4) is 5.75 Å². The van der Waals surface area contributed by atoms with Crippen LogP contribution in [-0.2, 0) is 4.74 Å². The minimum Gasteiger partial charge on any atom is -0.497 e. The molecule has 1 aliphatic heterocycles. The van der Waals surface area contributed by atoms with Gasteiger partial charge in [0.1, 0.15) is 5.75 Å². The standard InChI is InChI=1S/C24H25N3O4/c1-16-21(15-18-14-20(30-2)8-9-22(18)25-16)23(28)26-19-6-4-17(5-7-19)24(29)27-10-3-12-31-13-11-27/h4-9,14-15H,3,10-13H2,1-2H3,(H,26,28). The van der Waals surface area contributed by atoms with E-state index in [0.29, 0.717) is 54.6 Å². The average Bonchev–Trinajstić information content (AvgIpc) is 3.08. The van der Waals surface area contributed by atoms with Crippen molar-refractivity contribution in [3.05, 3.63) is 65.4 Å². The molecule has 3 aromatic rings. The van der Waals surface area contributed by atoms with Crippen molar-refractivity contribution in [2.45, 2.75) is 13.3 Å². The van der Waals surface area contributed by atoms with Gasteiger partial charge in [0, 0.05) is 36.3 Å². The highest BCUT2D eigenvalue weighted by atomic mass is 16.5. The second kappa shape index (κ2) is 9.14. The first kappa shape index (κ1) is 20.8. The minimum atomic E-state index is -0.251. The monoisotopic (exact) mass is 419 g/mol. The van der Waals surface area contributed by atoms with Crippen molar-refractivity contribution in [1.82, 2.24) is 9.88 Å². The van der Waals surface area contributed by atoms with E-state index >= 15 is 0 Å². The first-order valence-electron chi connectivity index (χ1n) is 10.3. The van der Waals surface area contributed by atoms with E-state index < -0.39 is 0 Å². The molecule has 0 saturated carbocycles. The summed E-state index contributed by atoms with van der Waals surface area (Å²) in [6.45, 7) is 4.34. The molecule has 0 unspecified atom stereocenters. The maximum absolute atomic E-state index is 12.9. The Morgan fingerprint density at radius 1 is 1.06 bits per heavy atom. The second-order valence-corrected chi connectivity index (χ2v) is 7.47. The zero-order chi connectivity index (χ0) is 21.8. The Labute approximate surface area is 181 Å². The van der Waals surface area contributed by atoms with Gasteiger partial charge in [0.25, 0.3) is 11.8 Å². The number of methoxy groups -OCH3 is 1. The number of carbonyl (C=O) groups excluding carboxylic acids is 2. The summed E-state index contributed by atoms with van der Waals surface area (Å²) >= 11 is 0. The lowest BCUT2D eigenvalue weighted by atomic mass is 10.1. The Hall–Kier alpha value is -3.45. The minimum absolute atomic E-state index is 0.0214. The Bertz CT molecular complexity index is 1100. The second-order valence-electron chi connectivity index (χ2n) is 7.47. The smallest absolute Gasteiger partial charge is 0.257 e. The van der Waals surface area contributed by atoms with Gasteiger partial charge in [0.15, 0.2) is 0 Å². The zero-order valence-corrected chi connectivity index (χ0v) is 17.7. The van der Waals surface area contributed by atoms with Gasteiger partial charge in [-0.3, -0.25) is 14.6 Å². The highest BCUT2D eigenvalue weighted by Crippen LogP contribution is 2.23. The molecule has 7 nitrogen and oxygen atoms in total. The molecule has 160 valence electrons. The van der Waals surface area contributed by atoms with Gasteiger partial charge in [0.05, 0.1) is 30.5 Å². The predicted molar refractivity (Wildman–Crippen MR) is 119 cm³/mol. The first-order valence-corrected chi connectivity index (χ1v) is 10.3. The molecule has 1 saturated heterocycles. The quantitative estimate of drug-likeness (QED) is 0.698. The third kappa shape index (κ3) is 4.67. The van der Waals surface area contributed by atoms with Crippen LogP contribution in [0.1, 0.15) is 32.8 Å². The van der Waals surface area contributed by atoms with E-state index in [9.17, 15) is 9.59 Å². The molecule has 31 heavy (non-hydrogen) atoms. The third-order valence-corrected chi connectivity index (χ3v) is 5.36.